The van der Waals surface area contributed by atoms with Gasteiger partial charge in [-0.2, -0.15) is 0 Å². The fraction of sp³-hybridized carbons (Fsp3) is 0.241. The largest absolute Gasteiger partial charge is 0.367 e. The first-order valence-corrected chi connectivity index (χ1v) is 13.0. The molecule has 1 aromatic heterocycles. The molecule has 1 N–H and O–H groups in total. The summed E-state index contributed by atoms with van der Waals surface area (Å²) in [5.41, 5.74) is 5.45. The number of hydrogen-bond donors (Lipinski definition) is 1. The van der Waals surface area contributed by atoms with Gasteiger partial charge in [0.2, 0.25) is 5.91 Å². The Labute approximate surface area is 211 Å². The van der Waals surface area contributed by atoms with Crippen molar-refractivity contribution < 1.29 is 9.53 Å². The number of imidazole rings is 1. The second kappa shape index (κ2) is 12.9. The summed E-state index contributed by atoms with van der Waals surface area (Å²) in [6.07, 6.45) is 1.01. The summed E-state index contributed by atoms with van der Waals surface area (Å²) < 4.78 is 7.84. The molecule has 5 nitrogen and oxygen atoms in total. The lowest BCUT2D eigenvalue weighted by molar-refractivity contribution is -0.125. The molecule has 0 unspecified atom stereocenters. The third-order valence-corrected chi connectivity index (χ3v) is 6.45. The minimum Gasteiger partial charge on any atom is -0.367 e. The van der Waals surface area contributed by atoms with Gasteiger partial charge in [0.15, 0.2) is 5.16 Å². The molecule has 0 radical (unpaired) electrons. The van der Waals surface area contributed by atoms with E-state index in [9.17, 15) is 4.79 Å². The van der Waals surface area contributed by atoms with Crippen molar-refractivity contribution in [2.24, 2.45) is 0 Å². The highest BCUT2D eigenvalue weighted by molar-refractivity contribution is 7.99. The maximum atomic E-state index is 12.2. The standard InChI is InChI=1S/C29H31N3O2S/c1-2-19-32-28(25-16-10-5-11-17-25)27(24-14-8-4-9-15-24)31-29(32)35-20-18-30-26(33)22-34-21-23-12-6-3-7-13-23/h3-17H,2,18-22H2,1H3,(H,30,33). The zero-order valence-electron chi connectivity index (χ0n) is 20.0. The number of nitrogens with one attached hydrogen (secondary N) is 1. The van der Waals surface area contributed by atoms with Gasteiger partial charge in [-0.3, -0.25) is 4.79 Å². The Hall–Kier alpha value is -3.35. The number of carbonyl (C=O) groups is 1. The van der Waals surface area contributed by atoms with E-state index >= 15 is 0 Å². The molecule has 1 amide bonds. The summed E-state index contributed by atoms with van der Waals surface area (Å²) in [5.74, 6) is 0.626. The van der Waals surface area contributed by atoms with Gasteiger partial charge in [-0.05, 0) is 12.0 Å². The minimum atomic E-state index is -0.103. The Balaban J connectivity index is 1.41. The van der Waals surface area contributed by atoms with Crippen LogP contribution in [0.15, 0.2) is 96.2 Å². The summed E-state index contributed by atoms with van der Waals surface area (Å²) in [6.45, 7) is 4.11. The number of carbonyl (C=O) groups excluding carboxylic acids is 1. The fourth-order valence-electron chi connectivity index (χ4n) is 3.88. The van der Waals surface area contributed by atoms with Gasteiger partial charge in [-0.15, -0.1) is 0 Å². The molecule has 35 heavy (non-hydrogen) atoms. The van der Waals surface area contributed by atoms with Gasteiger partial charge in [0.1, 0.15) is 6.61 Å². The lowest BCUT2D eigenvalue weighted by Gasteiger charge is -2.12. The maximum absolute atomic E-state index is 12.2. The predicted octanol–water partition coefficient (Wildman–Crippen LogP) is 6.05. The number of thioether (sulfide) groups is 1. The molecule has 180 valence electrons. The summed E-state index contributed by atoms with van der Waals surface area (Å²) >= 11 is 1.67. The van der Waals surface area contributed by atoms with Crippen LogP contribution in [0.1, 0.15) is 18.9 Å². The number of ether oxygens (including phenoxy) is 1. The molecular weight excluding hydrogens is 454 g/mol. The van der Waals surface area contributed by atoms with Crippen LogP contribution in [0, 0.1) is 0 Å². The first-order valence-electron chi connectivity index (χ1n) is 12.0. The first-order chi connectivity index (χ1) is 17.3. The number of rotatable bonds is 12. The van der Waals surface area contributed by atoms with Gasteiger partial charge in [0.05, 0.1) is 18.0 Å². The van der Waals surface area contributed by atoms with Crippen LogP contribution < -0.4 is 5.32 Å². The number of hydrogen-bond acceptors (Lipinski definition) is 4. The summed E-state index contributed by atoms with van der Waals surface area (Å²) in [7, 11) is 0. The van der Waals surface area contributed by atoms with E-state index in [4.69, 9.17) is 9.72 Å². The quantitative estimate of drug-likeness (QED) is 0.196. The molecule has 4 aromatic rings. The third-order valence-electron chi connectivity index (χ3n) is 5.47. The highest BCUT2D eigenvalue weighted by atomic mass is 32.2. The smallest absolute Gasteiger partial charge is 0.246 e. The summed E-state index contributed by atoms with van der Waals surface area (Å²) in [5, 5.41) is 3.93. The molecule has 0 atom stereocenters. The Morgan fingerprint density at radius 3 is 2.20 bits per heavy atom. The van der Waals surface area contributed by atoms with Crippen LogP contribution in [0.3, 0.4) is 0 Å². The van der Waals surface area contributed by atoms with E-state index in [1.165, 1.54) is 0 Å². The number of benzene rings is 3. The molecule has 0 saturated heterocycles. The topological polar surface area (TPSA) is 56.2 Å². The number of amides is 1. The number of aromatic nitrogens is 2. The molecule has 0 bridgehead atoms. The van der Waals surface area contributed by atoms with Gasteiger partial charge < -0.3 is 14.6 Å². The van der Waals surface area contributed by atoms with Gasteiger partial charge in [-0.1, -0.05) is 110 Å². The highest BCUT2D eigenvalue weighted by Gasteiger charge is 2.19. The average Bonchev–Trinajstić information content (AvgIpc) is 3.26. The molecule has 1 heterocycles. The molecule has 0 aliphatic heterocycles. The predicted molar refractivity (Wildman–Crippen MR) is 143 cm³/mol. The maximum Gasteiger partial charge on any atom is 0.246 e. The van der Waals surface area contributed by atoms with Crippen molar-refractivity contribution in [3.8, 4) is 22.5 Å². The van der Waals surface area contributed by atoms with Crippen LogP contribution in [-0.2, 0) is 22.7 Å². The van der Waals surface area contributed by atoms with Crippen molar-refractivity contribution in [2.75, 3.05) is 18.9 Å². The van der Waals surface area contributed by atoms with Crippen molar-refractivity contribution in [1.29, 1.82) is 0 Å². The van der Waals surface area contributed by atoms with Crippen molar-refractivity contribution in [3.05, 3.63) is 96.6 Å². The molecule has 0 saturated carbocycles. The lowest BCUT2D eigenvalue weighted by Crippen LogP contribution is -2.29. The van der Waals surface area contributed by atoms with Gasteiger partial charge in [0.25, 0.3) is 0 Å². The van der Waals surface area contributed by atoms with Gasteiger partial charge in [-0.25, -0.2) is 4.98 Å². The SMILES string of the molecule is CCCn1c(SCCNC(=O)COCc2ccccc2)nc(-c2ccccc2)c1-c1ccccc1. The third kappa shape index (κ3) is 6.84. The van der Waals surface area contributed by atoms with E-state index < -0.39 is 0 Å². The van der Waals surface area contributed by atoms with E-state index in [1.807, 2.05) is 54.6 Å². The molecular formula is C29H31N3O2S. The molecule has 0 fully saturated rings. The second-order valence-electron chi connectivity index (χ2n) is 8.15. The average molecular weight is 486 g/mol. The van der Waals surface area contributed by atoms with Crippen LogP contribution in [0.5, 0.6) is 0 Å². The van der Waals surface area contributed by atoms with Crippen molar-refractivity contribution in [2.45, 2.75) is 31.7 Å². The van der Waals surface area contributed by atoms with Crippen LogP contribution in [0.25, 0.3) is 22.5 Å². The zero-order chi connectivity index (χ0) is 24.3. The lowest BCUT2D eigenvalue weighted by atomic mass is 10.0. The Bertz CT molecular complexity index is 1190. The zero-order valence-corrected chi connectivity index (χ0v) is 20.8. The molecule has 4 rings (SSSR count). The van der Waals surface area contributed by atoms with E-state index in [0.29, 0.717) is 13.2 Å². The van der Waals surface area contributed by atoms with Crippen molar-refractivity contribution in [1.82, 2.24) is 14.9 Å². The molecule has 0 aliphatic carbocycles. The number of nitrogens with zero attached hydrogens (tertiary/aromatic N) is 2. The summed E-state index contributed by atoms with van der Waals surface area (Å²) in [4.78, 5) is 17.2. The Kier molecular flexibility index (Phi) is 9.15. The van der Waals surface area contributed by atoms with Crippen LogP contribution in [0.4, 0.5) is 0 Å². The Morgan fingerprint density at radius 2 is 1.54 bits per heavy atom. The van der Waals surface area contributed by atoms with Crippen molar-refractivity contribution >= 4 is 17.7 Å². The monoisotopic (exact) mass is 485 g/mol. The molecule has 6 heteroatoms. The van der Waals surface area contributed by atoms with Crippen LogP contribution in [-0.4, -0.2) is 34.4 Å². The van der Waals surface area contributed by atoms with Crippen LogP contribution in [0.2, 0.25) is 0 Å². The minimum absolute atomic E-state index is 0.0559. The van der Waals surface area contributed by atoms with Crippen LogP contribution >= 0.6 is 11.8 Å². The van der Waals surface area contributed by atoms with E-state index in [2.05, 4.69) is 53.2 Å². The van der Waals surface area contributed by atoms with Gasteiger partial charge >= 0.3 is 0 Å². The molecule has 3 aromatic carbocycles. The summed E-state index contributed by atoms with van der Waals surface area (Å²) in [6, 6.07) is 30.6. The molecule has 0 aliphatic rings. The Morgan fingerprint density at radius 1 is 0.914 bits per heavy atom. The van der Waals surface area contributed by atoms with E-state index in [0.717, 1.165) is 52.0 Å². The van der Waals surface area contributed by atoms with Crippen molar-refractivity contribution in [3.63, 3.8) is 0 Å². The normalized spacial score (nSPS) is 10.9. The fourth-order valence-corrected chi connectivity index (χ4v) is 4.76. The first kappa shape index (κ1) is 24.8. The molecule has 0 spiro atoms. The highest BCUT2D eigenvalue weighted by Crippen LogP contribution is 2.36. The second-order valence-corrected chi connectivity index (χ2v) is 9.21. The van der Waals surface area contributed by atoms with Gasteiger partial charge in [0, 0.05) is 30.0 Å². The van der Waals surface area contributed by atoms with E-state index in [-0.39, 0.29) is 12.5 Å². The van der Waals surface area contributed by atoms with E-state index in [1.54, 1.807) is 11.8 Å².